The van der Waals surface area contributed by atoms with Crippen LogP contribution in [0.4, 0.5) is 0 Å². The molecule has 0 spiro atoms. The zero-order chi connectivity index (χ0) is 13.3. The largest absolute Gasteiger partial charge is 0.479 e. The van der Waals surface area contributed by atoms with Crippen LogP contribution in [0, 0.1) is 0 Å². The van der Waals surface area contributed by atoms with Gasteiger partial charge in [0, 0.05) is 27.8 Å². The summed E-state index contributed by atoms with van der Waals surface area (Å²) in [7, 11) is 0. The lowest BCUT2D eigenvalue weighted by Gasteiger charge is -2.25. The second-order valence-corrected chi connectivity index (χ2v) is 6.26. The van der Waals surface area contributed by atoms with E-state index >= 15 is 0 Å². The monoisotopic (exact) mass is 375 g/mol. The van der Waals surface area contributed by atoms with Crippen molar-refractivity contribution in [1.82, 2.24) is 4.90 Å². The molecule has 0 aromatic heterocycles. The highest BCUT2D eigenvalue weighted by Gasteiger charge is 2.38. The first-order valence-electron chi connectivity index (χ1n) is 5.41. The number of likely N-dealkylation sites (tertiary alicyclic amines) is 1. The van der Waals surface area contributed by atoms with Gasteiger partial charge in [-0.1, -0.05) is 50.1 Å². The van der Waals surface area contributed by atoms with Crippen LogP contribution in [-0.2, 0) is 9.59 Å². The van der Waals surface area contributed by atoms with E-state index in [1.807, 2.05) is 6.07 Å². The third-order valence-corrected chi connectivity index (χ3v) is 4.19. The number of aliphatic carboxylic acids is 1. The zero-order valence-corrected chi connectivity index (χ0v) is 12.5. The quantitative estimate of drug-likeness (QED) is 0.825. The number of rotatable bonds is 3. The van der Waals surface area contributed by atoms with Crippen LogP contribution in [0.25, 0.3) is 0 Å². The number of halogens is 2. The Bertz CT molecular complexity index is 492. The number of nitrogens with zero attached hydrogens (tertiary/aromatic N) is 1. The van der Waals surface area contributed by atoms with Gasteiger partial charge in [-0.15, -0.1) is 0 Å². The van der Waals surface area contributed by atoms with Gasteiger partial charge < -0.3 is 10.0 Å². The molecular weight excluding hydrogens is 366 g/mol. The number of amides is 1. The van der Waals surface area contributed by atoms with Gasteiger partial charge >= 0.3 is 5.97 Å². The molecule has 1 saturated heterocycles. The molecule has 0 radical (unpaired) electrons. The van der Waals surface area contributed by atoms with Gasteiger partial charge in [-0.05, 0) is 6.07 Å². The van der Waals surface area contributed by atoms with Crippen molar-refractivity contribution in [2.75, 3.05) is 6.54 Å². The number of alkyl halides is 1. The van der Waals surface area contributed by atoms with E-state index in [1.165, 1.54) is 4.90 Å². The summed E-state index contributed by atoms with van der Waals surface area (Å²) in [6.07, 6.45) is 0.342. The minimum absolute atomic E-state index is 0.0225. The van der Waals surface area contributed by atoms with Crippen molar-refractivity contribution in [1.29, 1.82) is 0 Å². The van der Waals surface area contributed by atoms with E-state index in [0.717, 1.165) is 0 Å². The van der Waals surface area contributed by atoms with Crippen LogP contribution in [0.3, 0.4) is 0 Å². The van der Waals surface area contributed by atoms with Crippen molar-refractivity contribution in [3.63, 3.8) is 0 Å². The minimum atomic E-state index is -1.02. The van der Waals surface area contributed by atoms with Crippen molar-refractivity contribution in [2.45, 2.75) is 17.3 Å². The lowest BCUT2D eigenvalue weighted by Crippen LogP contribution is -2.35. The molecule has 1 aliphatic rings. The number of carbonyl (C=O) groups excluding carboxylic acids is 1. The predicted octanol–water partition coefficient (Wildman–Crippen LogP) is 2.57. The first-order chi connectivity index (χ1) is 8.50. The molecule has 2 rings (SSSR count). The van der Waals surface area contributed by atoms with E-state index in [2.05, 4.69) is 31.9 Å². The maximum absolute atomic E-state index is 11.8. The summed E-state index contributed by atoms with van der Waals surface area (Å²) in [6.45, 7) is 0.414. The molecule has 1 N–H and O–H groups in total. The molecule has 1 fully saturated rings. The molecule has 96 valence electrons. The lowest BCUT2D eigenvalue weighted by atomic mass is 10.1. The van der Waals surface area contributed by atoms with Gasteiger partial charge in [-0.2, -0.15) is 0 Å². The molecule has 4 nitrogen and oxygen atoms in total. The Morgan fingerprint density at radius 3 is 2.61 bits per heavy atom. The fraction of sp³-hybridized carbons (Fsp3) is 0.333. The smallest absolute Gasteiger partial charge is 0.331 e. The van der Waals surface area contributed by atoms with Gasteiger partial charge in [-0.3, -0.25) is 4.79 Å². The van der Waals surface area contributed by atoms with Crippen molar-refractivity contribution >= 4 is 43.7 Å². The Labute approximate surface area is 121 Å². The number of carboxylic acids is 1. The third-order valence-electron chi connectivity index (χ3n) is 2.86. The van der Waals surface area contributed by atoms with Crippen LogP contribution >= 0.6 is 31.9 Å². The lowest BCUT2D eigenvalue weighted by molar-refractivity contribution is -0.148. The molecule has 18 heavy (non-hydrogen) atoms. The van der Waals surface area contributed by atoms with Crippen LogP contribution in [0.15, 0.2) is 28.7 Å². The standard InChI is InChI=1S/C12H11Br2NO3/c13-7-5-10(16)15(6-7)11(12(17)18)8-3-1-2-4-9(8)14/h1-4,7,11H,5-6H2,(H,17,18). The van der Waals surface area contributed by atoms with Crippen molar-refractivity contribution in [3.05, 3.63) is 34.3 Å². The minimum Gasteiger partial charge on any atom is -0.479 e. The first-order valence-corrected chi connectivity index (χ1v) is 7.12. The molecule has 1 amide bonds. The average Bonchev–Trinajstić information content (AvgIpc) is 2.61. The van der Waals surface area contributed by atoms with Crippen LogP contribution in [0.1, 0.15) is 18.0 Å². The number of carboxylic acid groups (broad SMARTS) is 1. The summed E-state index contributed by atoms with van der Waals surface area (Å²) in [4.78, 5) is 24.7. The van der Waals surface area contributed by atoms with Crippen LogP contribution in [-0.4, -0.2) is 33.3 Å². The van der Waals surface area contributed by atoms with E-state index in [-0.39, 0.29) is 10.7 Å². The normalized spacial score (nSPS) is 21.1. The molecule has 2 unspecified atom stereocenters. The highest BCUT2D eigenvalue weighted by atomic mass is 79.9. The molecular formula is C12H11Br2NO3. The Morgan fingerprint density at radius 1 is 1.44 bits per heavy atom. The van der Waals surface area contributed by atoms with Crippen molar-refractivity contribution in [2.24, 2.45) is 0 Å². The van der Waals surface area contributed by atoms with E-state index < -0.39 is 12.0 Å². The number of hydrogen-bond acceptors (Lipinski definition) is 2. The van der Waals surface area contributed by atoms with E-state index in [0.29, 0.717) is 23.0 Å². The predicted molar refractivity (Wildman–Crippen MR) is 73.6 cm³/mol. The number of hydrogen-bond donors (Lipinski definition) is 1. The molecule has 0 saturated carbocycles. The highest BCUT2D eigenvalue weighted by molar-refractivity contribution is 9.10. The van der Waals surface area contributed by atoms with E-state index in [1.54, 1.807) is 18.2 Å². The Morgan fingerprint density at radius 2 is 2.11 bits per heavy atom. The second-order valence-electron chi connectivity index (χ2n) is 4.11. The maximum Gasteiger partial charge on any atom is 0.331 e. The van der Waals surface area contributed by atoms with Gasteiger partial charge in [-0.25, -0.2) is 4.79 Å². The molecule has 2 atom stereocenters. The van der Waals surface area contributed by atoms with E-state index in [9.17, 15) is 14.7 Å². The average molecular weight is 377 g/mol. The molecule has 1 aliphatic heterocycles. The summed E-state index contributed by atoms with van der Waals surface area (Å²) in [5.74, 6) is -1.16. The topological polar surface area (TPSA) is 57.6 Å². The SMILES string of the molecule is O=C(O)C(c1ccccc1Br)N1CC(Br)CC1=O. The molecule has 1 aromatic carbocycles. The number of carbonyl (C=O) groups is 2. The van der Waals surface area contributed by atoms with Crippen LogP contribution in [0.5, 0.6) is 0 Å². The maximum atomic E-state index is 11.8. The van der Waals surface area contributed by atoms with Gasteiger partial charge in [0.2, 0.25) is 5.91 Å². The summed E-state index contributed by atoms with van der Waals surface area (Å²) >= 11 is 6.69. The summed E-state index contributed by atoms with van der Waals surface area (Å²) in [6, 6.07) is 6.14. The fourth-order valence-electron chi connectivity index (χ4n) is 2.07. The zero-order valence-electron chi connectivity index (χ0n) is 9.35. The van der Waals surface area contributed by atoms with Crippen molar-refractivity contribution in [3.8, 4) is 0 Å². The van der Waals surface area contributed by atoms with E-state index in [4.69, 9.17) is 0 Å². The Kier molecular flexibility index (Phi) is 4.07. The molecule has 1 aromatic rings. The Balaban J connectivity index is 2.38. The van der Waals surface area contributed by atoms with Gasteiger partial charge in [0.1, 0.15) is 0 Å². The first kappa shape index (κ1) is 13.5. The molecule has 0 aliphatic carbocycles. The Hall–Kier alpha value is -0.880. The van der Waals surface area contributed by atoms with Gasteiger partial charge in [0.25, 0.3) is 0 Å². The summed E-state index contributed by atoms with van der Waals surface area (Å²) in [5.41, 5.74) is 0.597. The summed E-state index contributed by atoms with van der Waals surface area (Å²) in [5, 5.41) is 9.39. The summed E-state index contributed by atoms with van der Waals surface area (Å²) < 4.78 is 0.697. The van der Waals surface area contributed by atoms with Gasteiger partial charge in [0.05, 0.1) is 0 Å². The third kappa shape index (κ3) is 2.59. The molecule has 6 heteroatoms. The molecule has 0 bridgehead atoms. The number of benzene rings is 1. The molecule has 1 heterocycles. The fourth-order valence-corrected chi connectivity index (χ4v) is 3.16. The van der Waals surface area contributed by atoms with Gasteiger partial charge in [0.15, 0.2) is 6.04 Å². The van der Waals surface area contributed by atoms with Crippen LogP contribution < -0.4 is 0 Å². The highest BCUT2D eigenvalue weighted by Crippen LogP contribution is 2.32. The second kappa shape index (κ2) is 5.40. The van der Waals surface area contributed by atoms with Crippen LogP contribution in [0.2, 0.25) is 0 Å². The van der Waals surface area contributed by atoms with Crippen molar-refractivity contribution < 1.29 is 14.7 Å².